The molecule has 2 heterocycles. The fraction of sp³-hybridized carbons (Fsp3) is 0.0800. The zero-order valence-electron chi connectivity index (χ0n) is 17.2. The highest BCUT2D eigenvalue weighted by atomic mass is 16.5. The molecule has 0 saturated carbocycles. The van der Waals surface area contributed by atoms with Crippen LogP contribution >= 0.6 is 0 Å². The quantitative estimate of drug-likeness (QED) is 0.380. The third-order valence-corrected chi connectivity index (χ3v) is 5.08. The molecule has 1 amide bonds. The number of nitrogens with zero attached hydrogens (tertiary/aromatic N) is 2. The minimum atomic E-state index is -0.260. The monoisotopic (exact) mass is 425 g/mol. The van der Waals surface area contributed by atoms with Gasteiger partial charge in [-0.1, -0.05) is 47.6 Å². The molecule has 0 bridgehead atoms. The molecule has 0 saturated heterocycles. The van der Waals surface area contributed by atoms with Gasteiger partial charge in [-0.05, 0) is 47.5 Å². The van der Waals surface area contributed by atoms with Crippen molar-refractivity contribution in [2.24, 2.45) is 0 Å². The average molecular weight is 425 g/mol. The molecule has 5 aromatic rings. The first-order valence-electron chi connectivity index (χ1n) is 10.0. The predicted molar refractivity (Wildman–Crippen MR) is 119 cm³/mol. The standard InChI is InChI=1S/C25H19N3O4/c1-16-6-2-5-9-21(16)26-25(29)20-12-17-7-3-4-8-18(17)13-22(20)31-15-23-27-24(28-32-23)19-10-11-30-14-19/h2-14H,15H2,1H3,(H,26,29). The fourth-order valence-corrected chi connectivity index (χ4v) is 3.38. The van der Waals surface area contributed by atoms with Crippen molar-refractivity contribution in [2.75, 3.05) is 5.32 Å². The minimum Gasteiger partial charge on any atom is -0.483 e. The number of carbonyl (C=O) groups excluding carboxylic acids is 1. The van der Waals surface area contributed by atoms with Gasteiger partial charge in [0.15, 0.2) is 6.61 Å². The van der Waals surface area contributed by atoms with Crippen LogP contribution < -0.4 is 10.1 Å². The fourth-order valence-electron chi connectivity index (χ4n) is 3.38. The minimum absolute atomic E-state index is 0.0217. The van der Waals surface area contributed by atoms with Crippen molar-refractivity contribution in [3.63, 3.8) is 0 Å². The largest absolute Gasteiger partial charge is 0.483 e. The number of rotatable bonds is 6. The summed E-state index contributed by atoms with van der Waals surface area (Å²) in [4.78, 5) is 17.5. The third-order valence-electron chi connectivity index (χ3n) is 5.08. The van der Waals surface area contributed by atoms with Crippen molar-refractivity contribution in [3.05, 3.63) is 96.3 Å². The summed E-state index contributed by atoms with van der Waals surface area (Å²) < 4.78 is 16.3. The van der Waals surface area contributed by atoms with Gasteiger partial charge in [-0.25, -0.2) is 0 Å². The van der Waals surface area contributed by atoms with E-state index >= 15 is 0 Å². The zero-order valence-corrected chi connectivity index (χ0v) is 17.2. The molecule has 5 rings (SSSR count). The molecular weight excluding hydrogens is 406 g/mol. The Hall–Kier alpha value is -4.39. The molecule has 0 atom stereocenters. The number of fused-ring (bicyclic) bond motifs is 1. The third kappa shape index (κ3) is 3.96. The number of amides is 1. The Morgan fingerprint density at radius 2 is 1.81 bits per heavy atom. The van der Waals surface area contributed by atoms with Crippen molar-refractivity contribution in [1.29, 1.82) is 0 Å². The van der Waals surface area contributed by atoms with Crippen LogP contribution in [0.2, 0.25) is 0 Å². The van der Waals surface area contributed by atoms with E-state index in [1.165, 1.54) is 12.5 Å². The van der Waals surface area contributed by atoms with Gasteiger partial charge in [0.1, 0.15) is 12.0 Å². The molecule has 0 unspecified atom stereocenters. The topological polar surface area (TPSA) is 90.4 Å². The molecule has 7 heteroatoms. The molecule has 0 aliphatic carbocycles. The van der Waals surface area contributed by atoms with E-state index in [2.05, 4.69) is 15.5 Å². The number of benzene rings is 3. The maximum atomic E-state index is 13.1. The highest BCUT2D eigenvalue weighted by Gasteiger charge is 2.17. The zero-order chi connectivity index (χ0) is 21.9. The van der Waals surface area contributed by atoms with Gasteiger partial charge in [0.05, 0.1) is 17.4 Å². The number of hydrogen-bond acceptors (Lipinski definition) is 6. The van der Waals surface area contributed by atoms with Crippen molar-refractivity contribution in [2.45, 2.75) is 13.5 Å². The van der Waals surface area contributed by atoms with Gasteiger partial charge < -0.3 is 19.0 Å². The van der Waals surface area contributed by atoms with Crippen molar-refractivity contribution in [1.82, 2.24) is 10.1 Å². The number of carbonyl (C=O) groups is 1. The van der Waals surface area contributed by atoms with E-state index in [1.54, 1.807) is 6.07 Å². The van der Waals surface area contributed by atoms with Gasteiger partial charge in [0, 0.05) is 5.69 Å². The highest BCUT2D eigenvalue weighted by Crippen LogP contribution is 2.28. The summed E-state index contributed by atoms with van der Waals surface area (Å²) in [5, 5.41) is 8.81. The van der Waals surface area contributed by atoms with E-state index in [4.69, 9.17) is 13.7 Å². The van der Waals surface area contributed by atoms with Crippen molar-refractivity contribution >= 4 is 22.4 Å². The number of ether oxygens (including phenoxy) is 1. The van der Waals surface area contributed by atoms with Crippen molar-refractivity contribution in [3.8, 4) is 17.1 Å². The molecular formula is C25H19N3O4. The van der Waals surface area contributed by atoms with Gasteiger partial charge in [-0.15, -0.1) is 0 Å². The Bertz CT molecular complexity index is 1390. The van der Waals surface area contributed by atoms with Crippen LogP contribution in [0.15, 0.2) is 88.2 Å². The second-order valence-corrected chi connectivity index (χ2v) is 7.28. The Morgan fingerprint density at radius 3 is 2.59 bits per heavy atom. The molecule has 0 fully saturated rings. The smallest absolute Gasteiger partial charge is 0.264 e. The molecule has 1 N–H and O–H groups in total. The lowest BCUT2D eigenvalue weighted by Crippen LogP contribution is -2.14. The van der Waals surface area contributed by atoms with Crippen LogP contribution in [0, 0.1) is 6.92 Å². The van der Waals surface area contributed by atoms with Crippen molar-refractivity contribution < 1.29 is 18.5 Å². The molecule has 0 aliphatic heterocycles. The molecule has 0 radical (unpaired) electrons. The molecule has 158 valence electrons. The second-order valence-electron chi connectivity index (χ2n) is 7.28. The molecule has 2 aromatic heterocycles. The molecule has 0 spiro atoms. The number of anilines is 1. The number of furan rings is 1. The first-order valence-corrected chi connectivity index (χ1v) is 10.0. The van der Waals surface area contributed by atoms with Gasteiger partial charge in [-0.3, -0.25) is 4.79 Å². The number of nitrogens with one attached hydrogen (secondary N) is 1. The molecule has 32 heavy (non-hydrogen) atoms. The maximum absolute atomic E-state index is 13.1. The number of aromatic nitrogens is 2. The first kappa shape index (κ1) is 19.6. The molecule has 0 aliphatic rings. The van der Waals surface area contributed by atoms with E-state index in [9.17, 15) is 4.79 Å². The van der Waals surface area contributed by atoms with E-state index < -0.39 is 0 Å². The van der Waals surface area contributed by atoms with Gasteiger partial charge in [-0.2, -0.15) is 4.98 Å². The van der Waals surface area contributed by atoms with Crippen LogP contribution in [0.3, 0.4) is 0 Å². The lowest BCUT2D eigenvalue weighted by molar-refractivity contribution is 0.102. The summed E-state index contributed by atoms with van der Waals surface area (Å²) in [5.74, 6) is 0.871. The number of aryl methyl sites for hydroxylation is 1. The van der Waals surface area contributed by atoms with E-state index in [-0.39, 0.29) is 12.5 Å². The van der Waals surface area contributed by atoms with Gasteiger partial charge in [0.2, 0.25) is 5.82 Å². The lowest BCUT2D eigenvalue weighted by Gasteiger charge is -2.13. The number of para-hydroxylation sites is 1. The Morgan fingerprint density at radius 1 is 1.03 bits per heavy atom. The van der Waals surface area contributed by atoms with E-state index in [0.29, 0.717) is 28.6 Å². The van der Waals surface area contributed by atoms with Crippen LogP contribution in [0.1, 0.15) is 21.8 Å². The van der Waals surface area contributed by atoms with Gasteiger partial charge >= 0.3 is 0 Å². The molecule has 3 aromatic carbocycles. The van der Waals surface area contributed by atoms with E-state index in [1.807, 2.05) is 67.6 Å². The summed E-state index contributed by atoms with van der Waals surface area (Å²) in [6.07, 6.45) is 3.07. The SMILES string of the molecule is Cc1ccccc1NC(=O)c1cc2ccccc2cc1OCc1nc(-c2ccoc2)no1. The highest BCUT2D eigenvalue weighted by molar-refractivity contribution is 6.09. The summed E-state index contributed by atoms with van der Waals surface area (Å²) in [5.41, 5.74) is 2.85. The Balaban J connectivity index is 1.43. The van der Waals surface area contributed by atoms with Crippen LogP contribution in [0.25, 0.3) is 22.2 Å². The molecule has 7 nitrogen and oxygen atoms in total. The van der Waals surface area contributed by atoms with E-state index in [0.717, 1.165) is 22.0 Å². The lowest BCUT2D eigenvalue weighted by atomic mass is 10.0. The van der Waals surface area contributed by atoms with Crippen LogP contribution in [-0.2, 0) is 6.61 Å². The Kier molecular flexibility index (Phi) is 5.13. The normalized spacial score (nSPS) is 10.9. The summed E-state index contributed by atoms with van der Waals surface area (Å²) in [6, 6.07) is 20.8. The average Bonchev–Trinajstić information content (AvgIpc) is 3.50. The summed E-state index contributed by atoms with van der Waals surface area (Å²) in [7, 11) is 0. The second kappa shape index (κ2) is 8.39. The Labute approximate surface area is 183 Å². The number of hydrogen-bond donors (Lipinski definition) is 1. The predicted octanol–water partition coefficient (Wildman–Crippen LogP) is 5.62. The summed E-state index contributed by atoms with van der Waals surface area (Å²) >= 11 is 0. The van der Waals surface area contributed by atoms with Crippen LogP contribution in [0.4, 0.5) is 5.69 Å². The van der Waals surface area contributed by atoms with Crippen LogP contribution in [-0.4, -0.2) is 16.0 Å². The van der Waals surface area contributed by atoms with Gasteiger partial charge in [0.25, 0.3) is 11.8 Å². The van der Waals surface area contributed by atoms with Crippen LogP contribution in [0.5, 0.6) is 5.75 Å². The maximum Gasteiger partial charge on any atom is 0.264 e. The first-order chi connectivity index (χ1) is 15.7. The summed E-state index contributed by atoms with van der Waals surface area (Å²) in [6.45, 7) is 1.97.